The summed E-state index contributed by atoms with van der Waals surface area (Å²) >= 11 is 0. The number of carbonyl (C=O) groups is 1. The van der Waals surface area contributed by atoms with E-state index in [-0.39, 0.29) is 11.9 Å². The largest absolute Gasteiger partial charge is 0.344 e. The fraction of sp³-hybridized carbons (Fsp3) is 0.533. The highest BCUT2D eigenvalue weighted by molar-refractivity contribution is 5.84. The molecule has 3 nitrogen and oxygen atoms in total. The SMILES string of the molecule is C[C@@H]1OC(C)(C)O[C@@H]1C(=O)CCc1ccccc1. The van der Waals surface area contributed by atoms with Gasteiger partial charge in [-0.15, -0.1) is 0 Å². The standard InChI is InChI=1S/C15H20O3/c1-11-14(18-15(2,3)17-11)13(16)10-9-12-7-5-4-6-8-12/h4-8,11,14H,9-10H2,1-3H3/t11-,14-/m0/s1. The van der Waals surface area contributed by atoms with E-state index in [4.69, 9.17) is 9.47 Å². The van der Waals surface area contributed by atoms with Crippen LogP contribution in [0.3, 0.4) is 0 Å². The number of rotatable bonds is 4. The fourth-order valence-corrected chi connectivity index (χ4v) is 2.32. The molecule has 2 atom stereocenters. The number of Topliss-reactive ketones (excluding diaryl/α,β-unsaturated/α-hetero) is 1. The van der Waals surface area contributed by atoms with Crippen LogP contribution >= 0.6 is 0 Å². The maximum absolute atomic E-state index is 12.1. The topological polar surface area (TPSA) is 35.5 Å². The van der Waals surface area contributed by atoms with Crippen LogP contribution in [0.4, 0.5) is 0 Å². The molecule has 18 heavy (non-hydrogen) atoms. The first-order chi connectivity index (χ1) is 8.48. The fourth-order valence-electron chi connectivity index (χ4n) is 2.32. The molecule has 1 heterocycles. The Labute approximate surface area is 108 Å². The van der Waals surface area contributed by atoms with Gasteiger partial charge in [-0.3, -0.25) is 4.79 Å². The lowest BCUT2D eigenvalue weighted by molar-refractivity contribution is -0.154. The Morgan fingerprint density at radius 2 is 1.89 bits per heavy atom. The highest BCUT2D eigenvalue weighted by Crippen LogP contribution is 2.29. The van der Waals surface area contributed by atoms with Crippen molar-refractivity contribution in [2.24, 2.45) is 0 Å². The predicted molar refractivity (Wildman–Crippen MR) is 69.3 cm³/mol. The van der Waals surface area contributed by atoms with Crippen LogP contribution in [0.25, 0.3) is 0 Å². The third kappa shape index (κ3) is 3.18. The summed E-state index contributed by atoms with van der Waals surface area (Å²) in [5.74, 6) is -0.524. The van der Waals surface area contributed by atoms with E-state index in [9.17, 15) is 4.79 Å². The number of benzene rings is 1. The number of carbonyl (C=O) groups excluding carboxylic acids is 1. The van der Waals surface area contributed by atoms with E-state index in [1.165, 1.54) is 5.56 Å². The molecule has 1 aliphatic rings. The summed E-state index contributed by atoms with van der Waals surface area (Å²) < 4.78 is 11.2. The first-order valence-corrected chi connectivity index (χ1v) is 6.40. The van der Waals surface area contributed by atoms with Gasteiger partial charge in [0, 0.05) is 6.42 Å². The van der Waals surface area contributed by atoms with Crippen molar-refractivity contribution < 1.29 is 14.3 Å². The molecule has 3 heteroatoms. The Morgan fingerprint density at radius 3 is 2.44 bits per heavy atom. The number of hydrogen-bond acceptors (Lipinski definition) is 3. The van der Waals surface area contributed by atoms with Gasteiger partial charge in [0.25, 0.3) is 0 Å². The van der Waals surface area contributed by atoms with Gasteiger partial charge in [-0.25, -0.2) is 0 Å². The van der Waals surface area contributed by atoms with Gasteiger partial charge < -0.3 is 9.47 Å². The highest BCUT2D eigenvalue weighted by atomic mass is 16.8. The second kappa shape index (κ2) is 5.21. The molecule has 0 bridgehead atoms. The minimum Gasteiger partial charge on any atom is -0.344 e. The quantitative estimate of drug-likeness (QED) is 0.822. The van der Waals surface area contributed by atoms with Gasteiger partial charge in [-0.1, -0.05) is 30.3 Å². The van der Waals surface area contributed by atoms with Crippen LogP contribution in [0.5, 0.6) is 0 Å². The van der Waals surface area contributed by atoms with Crippen LogP contribution in [-0.4, -0.2) is 23.8 Å². The van der Waals surface area contributed by atoms with Crippen molar-refractivity contribution in [3.05, 3.63) is 35.9 Å². The minimum atomic E-state index is -0.646. The number of hydrogen-bond donors (Lipinski definition) is 0. The highest BCUT2D eigenvalue weighted by Gasteiger charge is 2.42. The Balaban J connectivity index is 1.89. The third-order valence-corrected chi connectivity index (χ3v) is 3.13. The molecule has 1 saturated heterocycles. The van der Waals surface area contributed by atoms with Crippen LogP contribution in [0.2, 0.25) is 0 Å². The number of aryl methyl sites for hydroxylation is 1. The molecule has 0 spiro atoms. The van der Waals surface area contributed by atoms with Crippen molar-refractivity contribution in [3.8, 4) is 0 Å². The van der Waals surface area contributed by atoms with Crippen LogP contribution in [0.15, 0.2) is 30.3 Å². The van der Waals surface area contributed by atoms with Crippen LogP contribution in [0, 0.1) is 0 Å². The molecular formula is C15H20O3. The number of ketones is 1. The molecule has 98 valence electrons. The van der Waals surface area contributed by atoms with Gasteiger partial charge in [0.1, 0.15) is 6.10 Å². The van der Waals surface area contributed by atoms with Gasteiger partial charge in [-0.05, 0) is 32.8 Å². The Bertz CT molecular complexity index is 411. The Morgan fingerprint density at radius 1 is 1.22 bits per heavy atom. The van der Waals surface area contributed by atoms with Crippen LogP contribution in [-0.2, 0) is 20.7 Å². The molecule has 0 N–H and O–H groups in total. The monoisotopic (exact) mass is 248 g/mol. The Kier molecular flexibility index (Phi) is 3.83. The first kappa shape index (κ1) is 13.2. The summed E-state index contributed by atoms with van der Waals surface area (Å²) in [7, 11) is 0. The predicted octanol–water partition coefficient (Wildman–Crippen LogP) is 2.73. The first-order valence-electron chi connectivity index (χ1n) is 6.40. The zero-order valence-electron chi connectivity index (χ0n) is 11.2. The molecule has 0 aromatic heterocycles. The molecule has 0 aliphatic carbocycles. The molecular weight excluding hydrogens is 228 g/mol. The average molecular weight is 248 g/mol. The molecule has 2 rings (SSSR count). The smallest absolute Gasteiger partial charge is 0.164 e. The summed E-state index contributed by atoms with van der Waals surface area (Å²) in [5.41, 5.74) is 1.18. The van der Waals surface area contributed by atoms with Gasteiger partial charge in [-0.2, -0.15) is 0 Å². The lowest BCUT2D eigenvalue weighted by atomic mass is 10.0. The summed E-state index contributed by atoms with van der Waals surface area (Å²) in [4.78, 5) is 12.1. The molecule has 1 aromatic rings. The van der Waals surface area contributed by atoms with Crippen LogP contribution < -0.4 is 0 Å². The summed E-state index contributed by atoms with van der Waals surface area (Å²) in [6.07, 6.45) is 0.664. The van der Waals surface area contributed by atoms with Crippen molar-refractivity contribution in [2.45, 2.75) is 51.6 Å². The normalized spacial score (nSPS) is 26.2. The Hall–Kier alpha value is -1.19. The molecule has 0 radical (unpaired) electrons. The van der Waals surface area contributed by atoms with E-state index in [0.29, 0.717) is 6.42 Å². The van der Waals surface area contributed by atoms with Crippen molar-refractivity contribution >= 4 is 5.78 Å². The second-order valence-corrected chi connectivity index (χ2v) is 5.21. The van der Waals surface area contributed by atoms with E-state index >= 15 is 0 Å². The lowest BCUT2D eigenvalue weighted by Crippen LogP contribution is -2.30. The second-order valence-electron chi connectivity index (χ2n) is 5.21. The summed E-state index contributed by atoms with van der Waals surface area (Å²) in [6.45, 7) is 5.57. The maximum atomic E-state index is 12.1. The van der Waals surface area contributed by atoms with Gasteiger partial charge in [0.05, 0.1) is 6.10 Å². The van der Waals surface area contributed by atoms with Crippen LogP contribution in [0.1, 0.15) is 32.8 Å². The number of ether oxygens (including phenoxy) is 2. The summed E-state index contributed by atoms with van der Waals surface area (Å²) in [6, 6.07) is 10.0. The van der Waals surface area contributed by atoms with Gasteiger partial charge >= 0.3 is 0 Å². The van der Waals surface area contributed by atoms with Crippen molar-refractivity contribution in [2.75, 3.05) is 0 Å². The molecule has 1 aromatic carbocycles. The van der Waals surface area contributed by atoms with E-state index in [1.54, 1.807) is 0 Å². The van der Waals surface area contributed by atoms with Crippen molar-refractivity contribution in [3.63, 3.8) is 0 Å². The third-order valence-electron chi connectivity index (χ3n) is 3.13. The van der Waals surface area contributed by atoms with Crippen molar-refractivity contribution in [1.82, 2.24) is 0 Å². The van der Waals surface area contributed by atoms with Gasteiger partial charge in [0.15, 0.2) is 11.6 Å². The zero-order chi connectivity index (χ0) is 13.2. The van der Waals surface area contributed by atoms with E-state index in [2.05, 4.69) is 0 Å². The molecule has 0 saturated carbocycles. The van der Waals surface area contributed by atoms with Crippen molar-refractivity contribution in [1.29, 1.82) is 0 Å². The lowest BCUT2D eigenvalue weighted by Gasteiger charge is -2.16. The molecule has 0 amide bonds. The minimum absolute atomic E-state index is 0.122. The zero-order valence-corrected chi connectivity index (χ0v) is 11.2. The molecule has 1 fully saturated rings. The maximum Gasteiger partial charge on any atom is 0.164 e. The molecule has 0 unspecified atom stereocenters. The molecule has 1 aliphatic heterocycles. The summed E-state index contributed by atoms with van der Waals surface area (Å²) in [5, 5.41) is 0. The van der Waals surface area contributed by atoms with Gasteiger partial charge in [0.2, 0.25) is 0 Å². The van der Waals surface area contributed by atoms with E-state index < -0.39 is 11.9 Å². The van der Waals surface area contributed by atoms with E-state index in [0.717, 1.165) is 6.42 Å². The average Bonchev–Trinajstić information content (AvgIpc) is 2.61. The van der Waals surface area contributed by atoms with E-state index in [1.807, 2.05) is 51.1 Å².